The van der Waals surface area contributed by atoms with Crippen molar-refractivity contribution in [3.63, 3.8) is 0 Å². The molecular weight excluding hydrogens is 250 g/mol. The van der Waals surface area contributed by atoms with Crippen molar-refractivity contribution >= 4 is 0 Å². The Balaban J connectivity index is 1.85. The predicted octanol–water partition coefficient (Wildman–Crippen LogP) is 3.14. The van der Waals surface area contributed by atoms with E-state index in [9.17, 15) is 10.2 Å². The highest BCUT2D eigenvalue weighted by atomic mass is 16.3. The molecule has 3 heteroatoms. The molecule has 1 aromatic rings. The number of aryl methyl sites for hydroxylation is 1. The first-order valence-electron chi connectivity index (χ1n) is 7.84. The van der Waals surface area contributed by atoms with E-state index in [0.29, 0.717) is 11.7 Å². The first kappa shape index (κ1) is 13.9. The third-order valence-corrected chi connectivity index (χ3v) is 5.06. The molecule has 0 heterocycles. The first-order valence-corrected chi connectivity index (χ1v) is 7.84. The van der Waals surface area contributed by atoms with Crippen molar-refractivity contribution in [2.75, 3.05) is 0 Å². The molecule has 4 atom stereocenters. The van der Waals surface area contributed by atoms with Crippen LogP contribution in [0.3, 0.4) is 0 Å². The van der Waals surface area contributed by atoms with Gasteiger partial charge in [0.25, 0.3) is 0 Å². The summed E-state index contributed by atoms with van der Waals surface area (Å²) in [5, 5.41) is 24.0. The van der Waals surface area contributed by atoms with Gasteiger partial charge in [-0.05, 0) is 49.3 Å². The zero-order valence-corrected chi connectivity index (χ0v) is 12.4. The summed E-state index contributed by atoms with van der Waals surface area (Å²) in [6, 6.07) is 4.16. The topological polar surface area (TPSA) is 52.5 Å². The molecule has 2 aliphatic carbocycles. The lowest BCUT2D eigenvalue weighted by atomic mass is 9.91. The van der Waals surface area contributed by atoms with Crippen LogP contribution in [0, 0.1) is 6.92 Å². The van der Waals surface area contributed by atoms with Gasteiger partial charge in [-0.15, -0.1) is 0 Å². The molecule has 1 saturated carbocycles. The summed E-state index contributed by atoms with van der Waals surface area (Å²) in [4.78, 5) is 0. The molecule has 0 radical (unpaired) electrons. The van der Waals surface area contributed by atoms with Gasteiger partial charge in [-0.25, -0.2) is 0 Å². The molecule has 3 nitrogen and oxygen atoms in total. The number of rotatable bonds is 2. The van der Waals surface area contributed by atoms with Crippen molar-refractivity contribution in [2.45, 2.75) is 70.1 Å². The largest absolute Gasteiger partial charge is 0.508 e. The molecule has 20 heavy (non-hydrogen) atoms. The second kappa shape index (κ2) is 5.38. The number of hydrogen-bond acceptors (Lipinski definition) is 3. The third-order valence-electron chi connectivity index (χ3n) is 5.06. The summed E-state index contributed by atoms with van der Waals surface area (Å²) in [6.07, 6.45) is 5.01. The second-order valence-corrected chi connectivity index (χ2v) is 6.54. The number of nitrogens with one attached hydrogen (secondary N) is 1. The fourth-order valence-corrected chi connectivity index (χ4v) is 4.06. The van der Waals surface area contributed by atoms with E-state index in [1.165, 1.54) is 17.5 Å². The Morgan fingerprint density at radius 3 is 2.65 bits per heavy atom. The van der Waals surface area contributed by atoms with E-state index in [0.717, 1.165) is 31.2 Å². The van der Waals surface area contributed by atoms with Gasteiger partial charge in [0.15, 0.2) is 0 Å². The van der Waals surface area contributed by atoms with Gasteiger partial charge in [0.2, 0.25) is 0 Å². The van der Waals surface area contributed by atoms with Crippen molar-refractivity contribution in [2.24, 2.45) is 0 Å². The minimum absolute atomic E-state index is 0.173. The maximum Gasteiger partial charge on any atom is 0.120 e. The number of benzene rings is 1. The lowest BCUT2D eigenvalue weighted by molar-refractivity contribution is 0.0844. The smallest absolute Gasteiger partial charge is 0.120 e. The Morgan fingerprint density at radius 1 is 1.15 bits per heavy atom. The van der Waals surface area contributed by atoms with Gasteiger partial charge in [-0.3, -0.25) is 0 Å². The standard InChI is InChI=1S/C17H25NO2/c1-10-7-8-15(20)17-13(9-11(2)16(10)17)18-12-5-3-4-6-14(12)19/h7-8,11-14,18-20H,3-6,9H2,1-2H3. The van der Waals surface area contributed by atoms with Gasteiger partial charge in [0.05, 0.1) is 6.10 Å². The van der Waals surface area contributed by atoms with Crippen molar-refractivity contribution in [1.82, 2.24) is 5.32 Å². The molecule has 0 amide bonds. The fourth-order valence-electron chi connectivity index (χ4n) is 4.06. The van der Waals surface area contributed by atoms with Crippen LogP contribution in [0.5, 0.6) is 5.75 Å². The van der Waals surface area contributed by atoms with Gasteiger partial charge in [0, 0.05) is 17.6 Å². The van der Waals surface area contributed by atoms with E-state index in [-0.39, 0.29) is 18.2 Å². The van der Waals surface area contributed by atoms with Gasteiger partial charge in [-0.2, -0.15) is 0 Å². The first-order chi connectivity index (χ1) is 9.58. The van der Waals surface area contributed by atoms with Crippen molar-refractivity contribution in [3.8, 4) is 5.75 Å². The zero-order valence-electron chi connectivity index (χ0n) is 12.4. The van der Waals surface area contributed by atoms with Gasteiger partial charge >= 0.3 is 0 Å². The number of fused-ring (bicyclic) bond motifs is 1. The molecular formula is C17H25NO2. The van der Waals surface area contributed by atoms with E-state index >= 15 is 0 Å². The average molecular weight is 275 g/mol. The number of aliphatic hydroxyl groups is 1. The van der Waals surface area contributed by atoms with E-state index < -0.39 is 0 Å². The normalized spacial score (nSPS) is 33.1. The summed E-state index contributed by atoms with van der Waals surface area (Å²) in [6.45, 7) is 4.34. The van der Waals surface area contributed by atoms with Crippen LogP contribution in [-0.2, 0) is 0 Å². The molecule has 0 saturated heterocycles. The third kappa shape index (κ3) is 2.33. The van der Waals surface area contributed by atoms with Crippen molar-refractivity contribution in [3.05, 3.63) is 28.8 Å². The van der Waals surface area contributed by atoms with E-state index in [4.69, 9.17) is 0 Å². The van der Waals surface area contributed by atoms with Gasteiger partial charge < -0.3 is 15.5 Å². The summed E-state index contributed by atoms with van der Waals surface area (Å²) in [5.41, 5.74) is 3.63. The molecule has 110 valence electrons. The van der Waals surface area contributed by atoms with Gasteiger partial charge in [0.1, 0.15) is 5.75 Å². The molecule has 4 unspecified atom stereocenters. The van der Waals surface area contributed by atoms with Crippen molar-refractivity contribution in [1.29, 1.82) is 0 Å². The Labute approximate surface area is 121 Å². The van der Waals surface area contributed by atoms with Crippen LogP contribution in [0.4, 0.5) is 0 Å². The summed E-state index contributed by atoms with van der Waals surface area (Å²) in [5.74, 6) is 0.869. The fraction of sp³-hybridized carbons (Fsp3) is 0.647. The molecule has 0 bridgehead atoms. The Kier molecular flexibility index (Phi) is 3.74. The number of hydrogen-bond donors (Lipinski definition) is 3. The molecule has 1 fully saturated rings. The number of phenols is 1. The highest BCUT2D eigenvalue weighted by Crippen LogP contribution is 2.46. The lowest BCUT2D eigenvalue weighted by Gasteiger charge is -2.31. The predicted molar refractivity (Wildman–Crippen MR) is 80.0 cm³/mol. The maximum absolute atomic E-state index is 10.2. The van der Waals surface area contributed by atoms with Crippen LogP contribution < -0.4 is 5.32 Å². The van der Waals surface area contributed by atoms with Crippen LogP contribution in [0.2, 0.25) is 0 Å². The van der Waals surface area contributed by atoms with Crippen LogP contribution >= 0.6 is 0 Å². The molecule has 0 aliphatic heterocycles. The lowest BCUT2D eigenvalue weighted by Crippen LogP contribution is -2.43. The molecule has 0 spiro atoms. The SMILES string of the molecule is Cc1ccc(O)c2c1C(C)CC2NC1CCCCC1O. The van der Waals surface area contributed by atoms with Crippen LogP contribution in [0.25, 0.3) is 0 Å². The second-order valence-electron chi connectivity index (χ2n) is 6.54. The van der Waals surface area contributed by atoms with Crippen LogP contribution in [-0.4, -0.2) is 22.4 Å². The molecule has 0 aromatic heterocycles. The highest BCUT2D eigenvalue weighted by Gasteiger charge is 2.35. The van der Waals surface area contributed by atoms with E-state index in [2.05, 4.69) is 19.2 Å². The van der Waals surface area contributed by atoms with Crippen LogP contribution in [0.1, 0.15) is 67.7 Å². The van der Waals surface area contributed by atoms with E-state index in [1.807, 2.05) is 6.07 Å². The van der Waals surface area contributed by atoms with Crippen LogP contribution in [0.15, 0.2) is 12.1 Å². The Bertz CT molecular complexity index is 500. The van der Waals surface area contributed by atoms with Gasteiger partial charge in [-0.1, -0.05) is 25.8 Å². The number of phenolic OH excluding ortho intramolecular Hbond substituents is 1. The Morgan fingerprint density at radius 2 is 1.90 bits per heavy atom. The quantitative estimate of drug-likeness (QED) is 0.777. The number of aliphatic hydroxyl groups excluding tert-OH is 1. The number of aromatic hydroxyl groups is 1. The monoisotopic (exact) mass is 275 g/mol. The molecule has 1 aromatic carbocycles. The molecule has 2 aliphatic rings. The minimum atomic E-state index is -0.241. The van der Waals surface area contributed by atoms with E-state index in [1.54, 1.807) is 6.07 Å². The maximum atomic E-state index is 10.2. The minimum Gasteiger partial charge on any atom is -0.508 e. The highest BCUT2D eigenvalue weighted by molar-refractivity contribution is 5.50. The molecule has 3 rings (SSSR count). The average Bonchev–Trinajstić information content (AvgIpc) is 2.75. The summed E-state index contributed by atoms with van der Waals surface area (Å²) < 4.78 is 0. The Hall–Kier alpha value is -1.06. The van der Waals surface area contributed by atoms with Crippen molar-refractivity contribution < 1.29 is 10.2 Å². The molecule has 3 N–H and O–H groups in total. The summed E-state index contributed by atoms with van der Waals surface area (Å²) in [7, 11) is 0. The summed E-state index contributed by atoms with van der Waals surface area (Å²) >= 11 is 0. The zero-order chi connectivity index (χ0) is 14.3.